The van der Waals surface area contributed by atoms with Crippen LogP contribution >= 0.6 is 0 Å². The molecule has 2 atom stereocenters. The lowest BCUT2D eigenvalue weighted by Gasteiger charge is -2.23. The molecule has 94 valence electrons. The van der Waals surface area contributed by atoms with Crippen LogP contribution in [0.5, 0.6) is 0 Å². The fourth-order valence-electron chi connectivity index (χ4n) is 1.88. The molecule has 0 aliphatic carbocycles. The Labute approximate surface area is 97.3 Å². The van der Waals surface area contributed by atoms with Gasteiger partial charge in [-0.15, -0.1) is 0 Å². The van der Waals surface area contributed by atoms with Gasteiger partial charge in [-0.3, -0.25) is 9.59 Å². The molecule has 0 amide bonds. The van der Waals surface area contributed by atoms with E-state index in [0.717, 1.165) is 12.8 Å². The standard InChI is InChI=1S/C12H22O4/c1-5-9(7-11(13)15-3)10(6-2)8-12(14)16-4/h9-10H,5-8H2,1-4H3/t9-,10+. The SMILES string of the molecule is CC[C@H](CC(=O)OC)[C@@H](CC)CC(=O)OC. The van der Waals surface area contributed by atoms with E-state index in [1.807, 2.05) is 13.8 Å². The Hall–Kier alpha value is -1.06. The first kappa shape index (κ1) is 14.9. The second-order valence-electron chi connectivity index (χ2n) is 3.90. The summed E-state index contributed by atoms with van der Waals surface area (Å²) < 4.78 is 9.31. The van der Waals surface area contributed by atoms with Crippen LogP contribution < -0.4 is 0 Å². The molecule has 0 heterocycles. The Kier molecular flexibility index (Phi) is 7.60. The summed E-state index contributed by atoms with van der Waals surface area (Å²) in [5.74, 6) is -0.0431. The van der Waals surface area contributed by atoms with Crippen LogP contribution in [0.4, 0.5) is 0 Å². The van der Waals surface area contributed by atoms with Gasteiger partial charge in [0, 0.05) is 12.8 Å². The normalized spacial score (nSPS) is 14.0. The Balaban J connectivity index is 4.37. The smallest absolute Gasteiger partial charge is 0.305 e. The van der Waals surface area contributed by atoms with E-state index in [0.29, 0.717) is 12.8 Å². The topological polar surface area (TPSA) is 52.6 Å². The highest BCUT2D eigenvalue weighted by atomic mass is 16.5. The van der Waals surface area contributed by atoms with Gasteiger partial charge in [0.05, 0.1) is 14.2 Å². The number of hydrogen-bond acceptors (Lipinski definition) is 4. The predicted octanol–water partition coefficient (Wildman–Crippen LogP) is 2.17. The molecular weight excluding hydrogens is 208 g/mol. The monoisotopic (exact) mass is 230 g/mol. The van der Waals surface area contributed by atoms with Crippen molar-refractivity contribution in [2.75, 3.05) is 14.2 Å². The van der Waals surface area contributed by atoms with Crippen molar-refractivity contribution < 1.29 is 19.1 Å². The van der Waals surface area contributed by atoms with Crippen molar-refractivity contribution in [3.05, 3.63) is 0 Å². The first-order valence-electron chi connectivity index (χ1n) is 5.72. The third kappa shape index (κ3) is 5.14. The van der Waals surface area contributed by atoms with Gasteiger partial charge in [0.25, 0.3) is 0 Å². The molecule has 0 saturated heterocycles. The zero-order valence-electron chi connectivity index (χ0n) is 10.6. The van der Waals surface area contributed by atoms with E-state index in [9.17, 15) is 9.59 Å². The summed E-state index contributed by atoms with van der Waals surface area (Å²) in [5.41, 5.74) is 0. The highest BCUT2D eigenvalue weighted by Gasteiger charge is 2.24. The van der Waals surface area contributed by atoms with Gasteiger partial charge < -0.3 is 9.47 Å². The highest BCUT2D eigenvalue weighted by Crippen LogP contribution is 2.26. The van der Waals surface area contributed by atoms with Gasteiger partial charge in [-0.25, -0.2) is 0 Å². The van der Waals surface area contributed by atoms with E-state index in [1.54, 1.807) is 0 Å². The summed E-state index contributed by atoms with van der Waals surface area (Å²) in [6.45, 7) is 4.04. The molecular formula is C12H22O4. The van der Waals surface area contributed by atoms with Crippen molar-refractivity contribution in [3.63, 3.8) is 0 Å². The highest BCUT2D eigenvalue weighted by molar-refractivity contribution is 5.71. The molecule has 0 aromatic carbocycles. The molecule has 4 heteroatoms. The molecule has 0 radical (unpaired) electrons. The lowest BCUT2D eigenvalue weighted by atomic mass is 9.83. The Morgan fingerprint density at radius 2 is 1.19 bits per heavy atom. The molecule has 0 aromatic heterocycles. The molecule has 0 spiro atoms. The van der Waals surface area contributed by atoms with Crippen LogP contribution in [-0.4, -0.2) is 26.2 Å². The fraction of sp³-hybridized carbons (Fsp3) is 0.833. The van der Waals surface area contributed by atoms with E-state index >= 15 is 0 Å². The van der Waals surface area contributed by atoms with Gasteiger partial charge in [-0.2, -0.15) is 0 Å². The minimum absolute atomic E-state index is 0.191. The van der Waals surface area contributed by atoms with Crippen LogP contribution in [0.15, 0.2) is 0 Å². The molecule has 0 N–H and O–H groups in total. The molecule has 0 aliphatic rings. The van der Waals surface area contributed by atoms with Crippen molar-refractivity contribution in [2.45, 2.75) is 39.5 Å². The zero-order valence-corrected chi connectivity index (χ0v) is 10.6. The summed E-state index contributed by atoms with van der Waals surface area (Å²) in [4.78, 5) is 22.4. The minimum atomic E-state index is -0.213. The number of methoxy groups -OCH3 is 2. The maximum atomic E-state index is 11.2. The lowest BCUT2D eigenvalue weighted by Crippen LogP contribution is -2.21. The Morgan fingerprint density at radius 1 is 0.875 bits per heavy atom. The van der Waals surface area contributed by atoms with E-state index in [2.05, 4.69) is 9.47 Å². The summed E-state index contributed by atoms with van der Waals surface area (Å²) in [6, 6.07) is 0. The van der Waals surface area contributed by atoms with Crippen LogP contribution in [-0.2, 0) is 19.1 Å². The van der Waals surface area contributed by atoms with E-state index in [1.165, 1.54) is 14.2 Å². The fourth-order valence-corrected chi connectivity index (χ4v) is 1.88. The minimum Gasteiger partial charge on any atom is -0.469 e. The van der Waals surface area contributed by atoms with Crippen molar-refractivity contribution in [1.82, 2.24) is 0 Å². The molecule has 0 saturated carbocycles. The molecule has 0 unspecified atom stereocenters. The van der Waals surface area contributed by atoms with Crippen molar-refractivity contribution in [3.8, 4) is 0 Å². The average molecular weight is 230 g/mol. The average Bonchev–Trinajstić information content (AvgIpc) is 2.32. The summed E-state index contributed by atoms with van der Waals surface area (Å²) in [6.07, 6.45) is 2.49. The van der Waals surface area contributed by atoms with Gasteiger partial charge >= 0.3 is 11.9 Å². The predicted molar refractivity (Wildman–Crippen MR) is 60.8 cm³/mol. The van der Waals surface area contributed by atoms with Crippen LogP contribution in [0.25, 0.3) is 0 Å². The van der Waals surface area contributed by atoms with Crippen molar-refractivity contribution in [1.29, 1.82) is 0 Å². The van der Waals surface area contributed by atoms with Gasteiger partial charge in [-0.1, -0.05) is 26.7 Å². The second-order valence-corrected chi connectivity index (χ2v) is 3.90. The number of hydrogen-bond donors (Lipinski definition) is 0. The quantitative estimate of drug-likeness (QED) is 0.629. The van der Waals surface area contributed by atoms with E-state index < -0.39 is 0 Å². The maximum Gasteiger partial charge on any atom is 0.305 e. The summed E-state index contributed by atoms with van der Waals surface area (Å²) in [5, 5.41) is 0. The third-order valence-electron chi connectivity index (χ3n) is 3.03. The summed E-state index contributed by atoms with van der Waals surface area (Å²) >= 11 is 0. The first-order chi connectivity index (χ1) is 7.58. The second kappa shape index (κ2) is 8.13. The van der Waals surface area contributed by atoms with Crippen LogP contribution in [0.3, 0.4) is 0 Å². The number of esters is 2. The number of carbonyl (C=O) groups excluding carboxylic acids is 2. The molecule has 0 fully saturated rings. The molecule has 0 rings (SSSR count). The van der Waals surface area contributed by atoms with Gasteiger partial charge in [0.2, 0.25) is 0 Å². The van der Waals surface area contributed by atoms with Crippen molar-refractivity contribution in [2.24, 2.45) is 11.8 Å². The maximum absolute atomic E-state index is 11.2. The van der Waals surface area contributed by atoms with Gasteiger partial charge in [0.15, 0.2) is 0 Å². The first-order valence-corrected chi connectivity index (χ1v) is 5.72. The number of carbonyl (C=O) groups is 2. The Morgan fingerprint density at radius 3 is 1.38 bits per heavy atom. The number of rotatable bonds is 7. The van der Waals surface area contributed by atoms with Gasteiger partial charge in [0.1, 0.15) is 0 Å². The molecule has 0 bridgehead atoms. The van der Waals surface area contributed by atoms with E-state index in [4.69, 9.17) is 0 Å². The largest absolute Gasteiger partial charge is 0.469 e. The summed E-state index contributed by atoms with van der Waals surface area (Å²) in [7, 11) is 2.77. The van der Waals surface area contributed by atoms with Crippen LogP contribution in [0.1, 0.15) is 39.5 Å². The molecule has 0 aromatic rings. The van der Waals surface area contributed by atoms with Crippen LogP contribution in [0, 0.1) is 11.8 Å². The number of ether oxygens (including phenoxy) is 2. The third-order valence-corrected chi connectivity index (χ3v) is 3.03. The molecule has 0 aliphatic heterocycles. The molecule has 16 heavy (non-hydrogen) atoms. The van der Waals surface area contributed by atoms with E-state index in [-0.39, 0.29) is 23.8 Å². The Bertz CT molecular complexity index is 201. The van der Waals surface area contributed by atoms with Crippen LogP contribution in [0.2, 0.25) is 0 Å². The zero-order chi connectivity index (χ0) is 12.6. The molecule has 4 nitrogen and oxygen atoms in total. The van der Waals surface area contributed by atoms with Gasteiger partial charge in [-0.05, 0) is 11.8 Å². The van der Waals surface area contributed by atoms with Crippen molar-refractivity contribution >= 4 is 11.9 Å². The lowest BCUT2D eigenvalue weighted by molar-refractivity contribution is -0.145.